The summed E-state index contributed by atoms with van der Waals surface area (Å²) in [5.41, 5.74) is 2.83. The number of benzene rings is 4. The summed E-state index contributed by atoms with van der Waals surface area (Å²) in [4.78, 5) is 30.6. The van der Waals surface area contributed by atoms with Gasteiger partial charge in [-0.25, -0.2) is 8.42 Å². The number of hydrogen-bond donors (Lipinski definition) is 1. The van der Waals surface area contributed by atoms with Crippen molar-refractivity contribution in [3.63, 3.8) is 0 Å². The molecule has 1 aliphatic carbocycles. The van der Waals surface area contributed by atoms with Crippen molar-refractivity contribution in [2.24, 2.45) is 0 Å². The smallest absolute Gasteiger partial charge is 0.264 e. The van der Waals surface area contributed by atoms with Gasteiger partial charge < -0.3 is 10.2 Å². The van der Waals surface area contributed by atoms with Gasteiger partial charge in [0.05, 0.1) is 10.6 Å². The third-order valence-electron chi connectivity index (χ3n) is 9.04. The van der Waals surface area contributed by atoms with E-state index in [2.05, 4.69) is 19.2 Å². The van der Waals surface area contributed by atoms with Gasteiger partial charge in [0.15, 0.2) is 0 Å². The summed E-state index contributed by atoms with van der Waals surface area (Å²) in [5.74, 6) is -0.595. The number of anilines is 1. The molecule has 0 aliphatic heterocycles. The Hall–Kier alpha value is -3.85. The molecule has 7 nitrogen and oxygen atoms in total. The summed E-state index contributed by atoms with van der Waals surface area (Å²) in [6, 6.07) is 28.8. The average Bonchev–Trinajstić information content (AvgIpc) is 3.10. The van der Waals surface area contributed by atoms with Gasteiger partial charge in [0.25, 0.3) is 10.0 Å². The molecular weight excluding hydrogens is 677 g/mol. The minimum atomic E-state index is -4.19. The fourth-order valence-corrected chi connectivity index (χ4v) is 8.11. The summed E-state index contributed by atoms with van der Waals surface area (Å²) in [6.07, 6.45) is 5.15. The van der Waals surface area contributed by atoms with Crippen LogP contribution in [0.15, 0.2) is 108 Å². The molecule has 4 aromatic carbocycles. The third-order valence-corrected chi connectivity index (χ3v) is 11.4. The molecule has 1 saturated carbocycles. The summed E-state index contributed by atoms with van der Waals surface area (Å²) in [7, 11) is -4.19. The summed E-state index contributed by atoms with van der Waals surface area (Å²) in [5, 5.41) is 4.00. The van der Waals surface area contributed by atoms with Gasteiger partial charge >= 0.3 is 0 Å². The normalized spacial score (nSPS) is 14.3. The Morgan fingerprint density at radius 1 is 0.837 bits per heavy atom. The number of carbonyl (C=O) groups is 2. The van der Waals surface area contributed by atoms with Gasteiger partial charge in [0.2, 0.25) is 11.8 Å². The molecule has 4 aromatic rings. The maximum atomic E-state index is 14.8. The van der Waals surface area contributed by atoms with Crippen LogP contribution in [-0.2, 0) is 32.6 Å². The molecule has 0 saturated heterocycles. The van der Waals surface area contributed by atoms with Gasteiger partial charge in [-0.05, 0) is 71.8 Å². The molecule has 5 rings (SSSR count). The Kier molecular flexibility index (Phi) is 12.4. The quantitative estimate of drug-likeness (QED) is 0.150. The van der Waals surface area contributed by atoms with Crippen LogP contribution in [0.3, 0.4) is 0 Å². The second kappa shape index (κ2) is 16.7. The lowest BCUT2D eigenvalue weighted by Gasteiger charge is -2.35. The molecule has 0 bridgehead atoms. The van der Waals surface area contributed by atoms with Crippen molar-refractivity contribution in [2.75, 3.05) is 10.8 Å². The average molecular weight is 721 g/mol. The summed E-state index contributed by atoms with van der Waals surface area (Å²) >= 11 is 12.9. The maximum absolute atomic E-state index is 14.8. The predicted octanol–water partition coefficient (Wildman–Crippen LogP) is 8.40. The van der Waals surface area contributed by atoms with Crippen LogP contribution in [0.5, 0.6) is 0 Å². The minimum absolute atomic E-state index is 0.00465. The van der Waals surface area contributed by atoms with E-state index in [0.717, 1.165) is 47.5 Å². The fraction of sp³-hybridized carbons (Fsp3) is 0.333. The highest BCUT2D eigenvalue weighted by molar-refractivity contribution is 7.92. The maximum Gasteiger partial charge on any atom is 0.264 e. The number of hydrogen-bond acceptors (Lipinski definition) is 4. The van der Waals surface area contributed by atoms with Crippen LogP contribution in [0.1, 0.15) is 68.6 Å². The van der Waals surface area contributed by atoms with E-state index in [-0.39, 0.29) is 35.7 Å². The second-order valence-electron chi connectivity index (χ2n) is 12.9. The minimum Gasteiger partial charge on any atom is -0.352 e. The zero-order valence-corrected chi connectivity index (χ0v) is 30.2. The van der Waals surface area contributed by atoms with Crippen LogP contribution in [0.4, 0.5) is 5.69 Å². The lowest BCUT2D eigenvalue weighted by molar-refractivity contribution is -0.140. The standard InChI is InChI=1S/C39H43Cl2N3O4S/c1-28(2)30-19-22-34(23-20-30)44(49(47,48)35-16-10-5-11-17-35)27-38(45)43(26-31-18-21-32(40)25-36(31)41)37(24-29-12-6-3-7-13-29)39(46)42-33-14-8-4-9-15-33/h3,5-7,10-13,16-23,25,28,33,37H,4,8-9,14-15,24,26-27H2,1-2H3,(H,42,46). The molecule has 1 aliphatic rings. The van der Waals surface area contributed by atoms with E-state index in [1.807, 2.05) is 42.5 Å². The Morgan fingerprint density at radius 3 is 2.08 bits per heavy atom. The number of nitrogens with zero attached hydrogens (tertiary/aromatic N) is 2. The Morgan fingerprint density at radius 2 is 1.47 bits per heavy atom. The van der Waals surface area contributed by atoms with Crippen molar-refractivity contribution in [3.8, 4) is 0 Å². The molecule has 258 valence electrons. The zero-order chi connectivity index (χ0) is 35.0. The molecule has 0 spiro atoms. The summed E-state index contributed by atoms with van der Waals surface area (Å²) in [6.45, 7) is 3.55. The lowest BCUT2D eigenvalue weighted by atomic mass is 9.94. The monoisotopic (exact) mass is 719 g/mol. The molecule has 1 unspecified atom stereocenters. The van der Waals surface area contributed by atoms with Crippen molar-refractivity contribution in [1.82, 2.24) is 10.2 Å². The van der Waals surface area contributed by atoms with Crippen LogP contribution in [0.2, 0.25) is 10.0 Å². The molecular formula is C39H43Cl2N3O4S. The topological polar surface area (TPSA) is 86.8 Å². The fourth-order valence-electron chi connectivity index (χ4n) is 6.21. The van der Waals surface area contributed by atoms with E-state index in [4.69, 9.17) is 23.2 Å². The number of rotatable bonds is 13. The lowest BCUT2D eigenvalue weighted by Crippen LogP contribution is -2.55. The molecule has 1 atom stereocenters. The number of carbonyl (C=O) groups excluding carboxylic acids is 2. The van der Waals surface area contributed by atoms with Gasteiger partial charge in [-0.3, -0.25) is 13.9 Å². The molecule has 0 heterocycles. The highest BCUT2D eigenvalue weighted by atomic mass is 35.5. The van der Waals surface area contributed by atoms with E-state index >= 15 is 0 Å². The van der Waals surface area contributed by atoms with Crippen LogP contribution in [-0.4, -0.2) is 43.8 Å². The molecule has 1 N–H and O–H groups in total. The van der Waals surface area contributed by atoms with Gasteiger partial charge in [-0.15, -0.1) is 0 Å². The molecule has 10 heteroatoms. The highest BCUT2D eigenvalue weighted by Crippen LogP contribution is 2.29. The van der Waals surface area contributed by atoms with E-state index in [1.165, 1.54) is 17.0 Å². The van der Waals surface area contributed by atoms with Gasteiger partial charge in [-0.2, -0.15) is 0 Å². The third kappa shape index (κ3) is 9.44. The zero-order valence-electron chi connectivity index (χ0n) is 27.9. The van der Waals surface area contributed by atoms with Crippen LogP contribution >= 0.6 is 23.2 Å². The highest BCUT2D eigenvalue weighted by Gasteiger charge is 2.35. The largest absolute Gasteiger partial charge is 0.352 e. The molecule has 49 heavy (non-hydrogen) atoms. The van der Waals surface area contributed by atoms with E-state index < -0.39 is 28.5 Å². The molecule has 0 aromatic heterocycles. The first kappa shape index (κ1) is 36.4. The van der Waals surface area contributed by atoms with Crippen LogP contribution < -0.4 is 9.62 Å². The number of nitrogens with one attached hydrogen (secondary N) is 1. The Bertz CT molecular complexity index is 1810. The Balaban J connectivity index is 1.58. The SMILES string of the molecule is CC(C)c1ccc(N(CC(=O)N(Cc2ccc(Cl)cc2Cl)C(Cc2ccccc2)C(=O)NC2CCCCC2)S(=O)(=O)c2ccccc2)cc1. The van der Waals surface area contributed by atoms with Crippen molar-refractivity contribution in [2.45, 2.75) is 81.8 Å². The van der Waals surface area contributed by atoms with E-state index in [0.29, 0.717) is 21.3 Å². The van der Waals surface area contributed by atoms with Crippen molar-refractivity contribution in [1.29, 1.82) is 0 Å². The van der Waals surface area contributed by atoms with Crippen molar-refractivity contribution in [3.05, 3.63) is 130 Å². The first-order chi connectivity index (χ1) is 23.5. The van der Waals surface area contributed by atoms with Gasteiger partial charge in [0.1, 0.15) is 12.6 Å². The van der Waals surface area contributed by atoms with Crippen molar-refractivity contribution < 1.29 is 18.0 Å². The number of halogens is 2. The van der Waals surface area contributed by atoms with E-state index in [9.17, 15) is 18.0 Å². The molecule has 1 fully saturated rings. The molecule has 0 radical (unpaired) electrons. The van der Waals surface area contributed by atoms with Gasteiger partial charge in [-0.1, -0.05) is 123 Å². The first-order valence-electron chi connectivity index (χ1n) is 16.8. The predicted molar refractivity (Wildman–Crippen MR) is 197 cm³/mol. The van der Waals surface area contributed by atoms with Crippen LogP contribution in [0, 0.1) is 0 Å². The Labute approximate surface area is 300 Å². The molecule has 2 amide bonds. The van der Waals surface area contributed by atoms with Gasteiger partial charge in [0, 0.05) is 29.1 Å². The summed E-state index contributed by atoms with van der Waals surface area (Å²) < 4.78 is 29.6. The van der Waals surface area contributed by atoms with Crippen molar-refractivity contribution >= 4 is 50.7 Å². The number of sulfonamides is 1. The second-order valence-corrected chi connectivity index (χ2v) is 15.6. The number of amides is 2. The van der Waals surface area contributed by atoms with Crippen LogP contribution in [0.25, 0.3) is 0 Å². The van der Waals surface area contributed by atoms with E-state index in [1.54, 1.807) is 48.5 Å². The first-order valence-corrected chi connectivity index (χ1v) is 19.0.